The molecule has 2 heterocycles. The maximum absolute atomic E-state index is 13.0. The molecule has 0 radical (unpaired) electrons. The van der Waals surface area contributed by atoms with Crippen molar-refractivity contribution in [2.45, 2.75) is 34.6 Å². The second-order valence-electron chi connectivity index (χ2n) is 12.1. The number of ketones is 2. The van der Waals surface area contributed by atoms with Gasteiger partial charge in [0.05, 0.1) is 33.9 Å². The summed E-state index contributed by atoms with van der Waals surface area (Å²) in [5.41, 5.74) is 15.1. The Labute approximate surface area is 274 Å². The van der Waals surface area contributed by atoms with Gasteiger partial charge in [-0.25, -0.2) is 0 Å². The van der Waals surface area contributed by atoms with Crippen LogP contribution < -0.4 is 10.6 Å². The lowest BCUT2D eigenvalue weighted by Crippen LogP contribution is -2.07. The van der Waals surface area contributed by atoms with E-state index in [-0.39, 0.29) is 11.6 Å². The van der Waals surface area contributed by atoms with Crippen LogP contribution in [0.2, 0.25) is 0 Å². The normalized spacial score (nSPS) is 12.0. The molecule has 6 heteroatoms. The fraction of sp³-hybridized carbons (Fsp3) is 0.122. The van der Waals surface area contributed by atoms with E-state index in [0.29, 0.717) is 11.1 Å². The van der Waals surface area contributed by atoms with Crippen molar-refractivity contribution in [1.82, 2.24) is 9.97 Å². The molecule has 0 atom stereocenters. The Kier molecular flexibility index (Phi) is 7.49. The average molecular weight is 615 g/mol. The Bertz CT molecular complexity index is 2250. The van der Waals surface area contributed by atoms with Gasteiger partial charge in [0.2, 0.25) is 0 Å². The van der Waals surface area contributed by atoms with E-state index < -0.39 is 0 Å². The van der Waals surface area contributed by atoms with Gasteiger partial charge in [-0.15, -0.1) is 0 Å². The summed E-state index contributed by atoms with van der Waals surface area (Å²) in [7, 11) is 0. The smallest absolute Gasteiger partial charge is 0.198 e. The fourth-order valence-corrected chi connectivity index (χ4v) is 6.31. The van der Waals surface area contributed by atoms with Crippen molar-refractivity contribution < 1.29 is 9.59 Å². The van der Waals surface area contributed by atoms with Crippen molar-refractivity contribution >= 4 is 34.3 Å². The summed E-state index contributed by atoms with van der Waals surface area (Å²) in [6.45, 7) is 10.1. The highest BCUT2D eigenvalue weighted by atomic mass is 16.1. The Balaban J connectivity index is 0.000000150. The van der Waals surface area contributed by atoms with Crippen LogP contribution in [-0.2, 0) is 0 Å². The molecule has 2 aliphatic rings. The number of hydrogen-bond donors (Lipinski definition) is 2. The number of benzene rings is 4. The third kappa shape index (κ3) is 5.18. The summed E-state index contributed by atoms with van der Waals surface area (Å²) in [5, 5.41) is 6.90. The third-order valence-corrected chi connectivity index (χ3v) is 8.96. The van der Waals surface area contributed by atoms with E-state index in [1.807, 2.05) is 125 Å². The van der Waals surface area contributed by atoms with Gasteiger partial charge in [-0.1, -0.05) is 84.9 Å². The second-order valence-corrected chi connectivity index (χ2v) is 12.1. The molecule has 2 aliphatic carbocycles. The third-order valence-electron chi connectivity index (χ3n) is 8.96. The van der Waals surface area contributed by atoms with Crippen molar-refractivity contribution in [3.63, 3.8) is 0 Å². The molecule has 0 bridgehead atoms. The summed E-state index contributed by atoms with van der Waals surface area (Å²) < 4.78 is 0. The zero-order valence-corrected chi connectivity index (χ0v) is 27.0. The molecule has 0 aliphatic heterocycles. The van der Waals surface area contributed by atoms with E-state index in [2.05, 4.69) is 28.6 Å². The first-order chi connectivity index (χ1) is 22.7. The highest BCUT2D eigenvalue weighted by molar-refractivity contribution is 6.25. The maximum Gasteiger partial charge on any atom is 0.198 e. The number of aryl methyl sites for hydroxylation is 4. The van der Waals surface area contributed by atoms with E-state index in [0.717, 1.165) is 84.5 Å². The molecule has 0 saturated carbocycles. The number of carbonyl (C=O) groups is 2. The Morgan fingerprint density at radius 1 is 0.489 bits per heavy atom. The van der Waals surface area contributed by atoms with Crippen LogP contribution in [0.4, 0.5) is 22.7 Å². The molecule has 47 heavy (non-hydrogen) atoms. The van der Waals surface area contributed by atoms with Crippen molar-refractivity contribution in [3.05, 3.63) is 153 Å². The van der Waals surface area contributed by atoms with Crippen LogP contribution >= 0.6 is 0 Å². The summed E-state index contributed by atoms with van der Waals surface area (Å²) in [4.78, 5) is 35.1. The van der Waals surface area contributed by atoms with Gasteiger partial charge in [0.15, 0.2) is 11.6 Å². The minimum Gasteiger partial charge on any atom is -0.355 e. The number of hydrogen-bond acceptors (Lipinski definition) is 6. The van der Waals surface area contributed by atoms with Gasteiger partial charge in [-0.2, -0.15) is 0 Å². The van der Waals surface area contributed by atoms with E-state index >= 15 is 0 Å². The molecule has 2 aromatic heterocycles. The Morgan fingerprint density at radius 3 is 1.53 bits per heavy atom. The van der Waals surface area contributed by atoms with Gasteiger partial charge in [0.1, 0.15) is 0 Å². The van der Waals surface area contributed by atoms with Crippen LogP contribution in [0, 0.1) is 34.6 Å². The van der Waals surface area contributed by atoms with E-state index in [1.165, 1.54) is 0 Å². The minimum atomic E-state index is 0.0409. The Morgan fingerprint density at radius 2 is 0.957 bits per heavy atom. The van der Waals surface area contributed by atoms with E-state index in [9.17, 15) is 9.59 Å². The molecule has 2 N–H and O–H groups in total. The number of carbonyl (C=O) groups excluding carboxylic acids is 2. The maximum atomic E-state index is 13.0. The average Bonchev–Trinajstić information content (AvgIpc) is 3.52. The van der Waals surface area contributed by atoms with Crippen molar-refractivity contribution in [2.75, 3.05) is 10.6 Å². The zero-order valence-electron chi connectivity index (χ0n) is 27.0. The zero-order chi connectivity index (χ0) is 32.8. The van der Waals surface area contributed by atoms with Gasteiger partial charge in [0.25, 0.3) is 0 Å². The molecule has 0 unspecified atom stereocenters. The quantitative estimate of drug-likeness (QED) is 0.205. The molecule has 4 aromatic carbocycles. The monoisotopic (exact) mass is 614 g/mol. The molecule has 230 valence electrons. The molecular weight excluding hydrogens is 580 g/mol. The first-order valence-electron chi connectivity index (χ1n) is 15.7. The van der Waals surface area contributed by atoms with Gasteiger partial charge < -0.3 is 10.6 Å². The van der Waals surface area contributed by atoms with Crippen LogP contribution in [0.1, 0.15) is 59.9 Å². The molecular formula is C41H34N4O2. The lowest BCUT2D eigenvalue weighted by atomic mass is 10.0. The van der Waals surface area contributed by atoms with Crippen LogP contribution in [0.25, 0.3) is 22.5 Å². The van der Waals surface area contributed by atoms with Crippen molar-refractivity contribution in [3.8, 4) is 22.5 Å². The topological polar surface area (TPSA) is 84.0 Å². The summed E-state index contributed by atoms with van der Waals surface area (Å²) in [6.07, 6.45) is 0. The van der Waals surface area contributed by atoms with Crippen LogP contribution in [0.3, 0.4) is 0 Å². The molecule has 0 saturated heterocycles. The number of para-hydroxylation sites is 2. The predicted octanol–water partition coefficient (Wildman–Crippen LogP) is 9.62. The van der Waals surface area contributed by atoms with Crippen molar-refractivity contribution in [1.29, 1.82) is 0 Å². The number of rotatable bonds is 4. The van der Waals surface area contributed by atoms with Crippen LogP contribution in [-0.4, -0.2) is 21.5 Å². The van der Waals surface area contributed by atoms with Gasteiger partial charge in [-0.3, -0.25) is 19.6 Å². The summed E-state index contributed by atoms with van der Waals surface area (Å²) in [5.74, 6) is 0.0893. The van der Waals surface area contributed by atoms with Gasteiger partial charge in [-0.05, 0) is 69.5 Å². The highest BCUT2D eigenvalue weighted by Gasteiger charge is 2.33. The summed E-state index contributed by atoms with van der Waals surface area (Å²) >= 11 is 0. The van der Waals surface area contributed by atoms with Gasteiger partial charge >= 0.3 is 0 Å². The SMILES string of the molecule is Cc1cc(Nc2ccccc2C)c2c(n1)-c1ccccc1C2=O.Cc1ccccc1Nc1c(C)c(C)nc2c1C(=O)c1ccccc1-2. The largest absolute Gasteiger partial charge is 0.355 e. The minimum absolute atomic E-state index is 0.0409. The lowest BCUT2D eigenvalue weighted by Gasteiger charge is -2.17. The number of pyridine rings is 2. The molecule has 8 rings (SSSR count). The molecule has 0 fully saturated rings. The molecule has 6 nitrogen and oxygen atoms in total. The number of fused-ring (bicyclic) bond motifs is 6. The van der Waals surface area contributed by atoms with Crippen molar-refractivity contribution in [2.24, 2.45) is 0 Å². The number of nitrogens with zero attached hydrogens (tertiary/aromatic N) is 2. The van der Waals surface area contributed by atoms with Crippen LogP contribution in [0.5, 0.6) is 0 Å². The molecule has 0 amide bonds. The molecule has 6 aromatic rings. The number of anilines is 4. The fourth-order valence-electron chi connectivity index (χ4n) is 6.31. The lowest BCUT2D eigenvalue weighted by molar-refractivity contribution is 0.103. The predicted molar refractivity (Wildman–Crippen MR) is 189 cm³/mol. The highest BCUT2D eigenvalue weighted by Crippen LogP contribution is 2.43. The van der Waals surface area contributed by atoms with Crippen LogP contribution in [0.15, 0.2) is 103 Å². The van der Waals surface area contributed by atoms with E-state index in [4.69, 9.17) is 4.98 Å². The first kappa shape index (κ1) is 29.8. The van der Waals surface area contributed by atoms with E-state index in [1.54, 1.807) is 0 Å². The number of aromatic nitrogens is 2. The first-order valence-corrected chi connectivity index (χ1v) is 15.7. The van der Waals surface area contributed by atoms with Gasteiger partial charge in [0, 0.05) is 45.0 Å². The standard InChI is InChI=1S/C21H18N2O.C20H16N2O/c1-12-8-4-7-11-17(12)23-19-13(2)14(3)22-20-15-9-5-6-10-16(15)21(24)18(19)20;1-12-7-3-6-10-16(12)22-17-11-13(2)21-19-14-8-4-5-9-15(14)20(23)18(17)19/h4-11H,1-3H3,(H,22,23);3-11H,1-2H3,(H,21,22). The summed E-state index contributed by atoms with van der Waals surface area (Å²) in [6, 6.07) is 33.5. The molecule has 0 spiro atoms. The second kappa shape index (κ2) is 11.8. The number of nitrogens with one attached hydrogen (secondary N) is 2. The Hall–Kier alpha value is -5.88.